The molecule has 102 valence electrons. The van der Waals surface area contributed by atoms with Crippen molar-refractivity contribution >= 4 is 27.5 Å². The Bertz CT molecular complexity index is 562. The van der Waals surface area contributed by atoms with Crippen LogP contribution < -0.4 is 0 Å². The van der Waals surface area contributed by atoms with Crippen molar-refractivity contribution < 1.29 is 9.53 Å². The summed E-state index contributed by atoms with van der Waals surface area (Å²) in [5, 5.41) is 0. The molecule has 0 spiro atoms. The van der Waals surface area contributed by atoms with Crippen molar-refractivity contribution in [1.82, 2.24) is 0 Å². The van der Waals surface area contributed by atoms with Gasteiger partial charge in [0, 0.05) is 17.0 Å². The third-order valence-electron chi connectivity index (χ3n) is 2.80. The van der Waals surface area contributed by atoms with Gasteiger partial charge in [0.15, 0.2) is 0 Å². The van der Waals surface area contributed by atoms with E-state index in [0.29, 0.717) is 0 Å². The van der Waals surface area contributed by atoms with E-state index in [2.05, 4.69) is 15.9 Å². The van der Waals surface area contributed by atoms with Gasteiger partial charge in [-0.15, -0.1) is 0 Å². The number of rotatable bonds is 4. The Labute approximate surface area is 127 Å². The molecule has 3 heteroatoms. The number of ether oxygens (including phenoxy) is 1. The van der Waals surface area contributed by atoms with E-state index in [9.17, 15) is 4.79 Å². The fourth-order valence-electron chi connectivity index (χ4n) is 1.93. The second-order valence-electron chi connectivity index (χ2n) is 4.29. The van der Waals surface area contributed by atoms with Crippen LogP contribution in [-0.4, -0.2) is 12.6 Å². The average Bonchev–Trinajstić information content (AvgIpc) is 2.48. The Morgan fingerprint density at radius 3 is 1.80 bits per heavy atom. The lowest BCUT2D eigenvalue weighted by Crippen LogP contribution is -2.02. The molecule has 0 unspecified atom stereocenters. The first-order valence-electron chi connectivity index (χ1n) is 6.31. The van der Waals surface area contributed by atoms with Crippen LogP contribution in [0.15, 0.2) is 65.1 Å². The lowest BCUT2D eigenvalue weighted by Gasteiger charge is -2.12. The van der Waals surface area contributed by atoms with E-state index in [1.54, 1.807) is 0 Å². The fraction of sp³-hybridized carbons (Fsp3) is 0.118. The number of hydrogen-bond acceptors (Lipinski definition) is 2. The molecule has 2 nitrogen and oxygen atoms in total. The van der Waals surface area contributed by atoms with Crippen LogP contribution in [0.1, 0.15) is 18.1 Å². The number of carbonyl (C=O) groups excluding carboxylic acids is 1. The minimum Gasteiger partial charge on any atom is -0.460 e. The van der Waals surface area contributed by atoms with Crippen LogP contribution in [0.5, 0.6) is 0 Å². The Hall–Kier alpha value is -1.87. The predicted octanol–water partition coefficient (Wildman–Crippen LogP) is 4.40. The Morgan fingerprint density at radius 2 is 1.40 bits per heavy atom. The summed E-state index contributed by atoms with van der Waals surface area (Å²) in [5.41, 5.74) is 3.20. The molecular weight excluding hydrogens is 316 g/mol. The van der Waals surface area contributed by atoms with E-state index in [0.717, 1.165) is 21.2 Å². The second kappa shape index (κ2) is 7.06. The molecule has 0 saturated carbocycles. The molecule has 2 aromatic rings. The molecule has 2 rings (SSSR count). The highest BCUT2D eigenvalue weighted by atomic mass is 79.9. The monoisotopic (exact) mass is 330 g/mol. The molecule has 0 aliphatic carbocycles. The van der Waals surface area contributed by atoms with Crippen molar-refractivity contribution in [3.05, 3.63) is 76.3 Å². The Morgan fingerprint density at radius 1 is 0.950 bits per heavy atom. The minimum absolute atomic E-state index is 0.231. The van der Waals surface area contributed by atoms with Gasteiger partial charge >= 0.3 is 5.97 Å². The third kappa shape index (κ3) is 3.81. The molecule has 0 aliphatic heterocycles. The van der Waals surface area contributed by atoms with Crippen LogP contribution in [0.3, 0.4) is 0 Å². The van der Waals surface area contributed by atoms with Crippen LogP contribution in [0.2, 0.25) is 0 Å². The van der Waals surface area contributed by atoms with Gasteiger partial charge in [-0.1, -0.05) is 76.6 Å². The summed E-state index contributed by atoms with van der Waals surface area (Å²) >= 11 is 3.55. The Kier molecular flexibility index (Phi) is 5.13. The predicted molar refractivity (Wildman–Crippen MR) is 84.5 cm³/mol. The average molecular weight is 331 g/mol. The largest absolute Gasteiger partial charge is 0.460 e. The second-order valence-corrected chi connectivity index (χ2v) is 5.25. The van der Waals surface area contributed by atoms with Gasteiger partial charge in [0.1, 0.15) is 6.61 Å². The van der Waals surface area contributed by atoms with E-state index in [1.165, 1.54) is 6.92 Å². The molecule has 0 radical (unpaired) electrons. The van der Waals surface area contributed by atoms with Crippen molar-refractivity contribution in [3.63, 3.8) is 0 Å². The molecule has 0 aromatic heterocycles. The van der Waals surface area contributed by atoms with E-state index in [-0.39, 0.29) is 12.6 Å². The topological polar surface area (TPSA) is 26.3 Å². The number of hydrogen-bond donors (Lipinski definition) is 0. The van der Waals surface area contributed by atoms with Crippen LogP contribution in [-0.2, 0) is 9.53 Å². The zero-order valence-corrected chi connectivity index (χ0v) is 12.8. The van der Waals surface area contributed by atoms with Crippen molar-refractivity contribution in [2.45, 2.75) is 6.92 Å². The maximum absolute atomic E-state index is 11.0. The molecule has 20 heavy (non-hydrogen) atoms. The summed E-state index contributed by atoms with van der Waals surface area (Å²) in [6, 6.07) is 20.1. The van der Waals surface area contributed by atoms with E-state index in [4.69, 9.17) is 4.74 Å². The van der Waals surface area contributed by atoms with Gasteiger partial charge in [-0.05, 0) is 11.1 Å². The molecular formula is C17H15BrO2. The third-order valence-corrected chi connectivity index (χ3v) is 3.42. The number of carbonyl (C=O) groups is 1. The van der Waals surface area contributed by atoms with Crippen molar-refractivity contribution in [2.24, 2.45) is 0 Å². The number of benzene rings is 2. The van der Waals surface area contributed by atoms with Crippen molar-refractivity contribution in [3.8, 4) is 0 Å². The quantitative estimate of drug-likeness (QED) is 0.776. The summed E-state index contributed by atoms with van der Waals surface area (Å²) in [6.45, 7) is 1.64. The zero-order valence-electron chi connectivity index (χ0n) is 11.2. The highest BCUT2D eigenvalue weighted by molar-refractivity contribution is 9.11. The van der Waals surface area contributed by atoms with Gasteiger partial charge in [-0.3, -0.25) is 4.79 Å². The van der Waals surface area contributed by atoms with Crippen LogP contribution in [0, 0.1) is 0 Å². The van der Waals surface area contributed by atoms with Gasteiger partial charge in [0.2, 0.25) is 0 Å². The summed E-state index contributed by atoms with van der Waals surface area (Å²) in [7, 11) is 0. The van der Waals surface area contributed by atoms with Crippen LogP contribution in [0.25, 0.3) is 5.57 Å². The number of esters is 1. The molecule has 0 atom stereocenters. The smallest absolute Gasteiger partial charge is 0.302 e. The highest BCUT2D eigenvalue weighted by Gasteiger charge is 2.10. The van der Waals surface area contributed by atoms with Gasteiger partial charge in [0.05, 0.1) is 0 Å². The fourth-order valence-corrected chi connectivity index (χ4v) is 2.50. The van der Waals surface area contributed by atoms with Crippen LogP contribution >= 0.6 is 15.9 Å². The summed E-state index contributed by atoms with van der Waals surface area (Å²) in [5.74, 6) is -0.289. The number of halogens is 1. The molecule has 0 aliphatic rings. The molecule has 0 amide bonds. The van der Waals surface area contributed by atoms with Crippen molar-refractivity contribution in [1.29, 1.82) is 0 Å². The van der Waals surface area contributed by atoms with E-state index in [1.807, 2.05) is 60.7 Å². The molecule has 0 fully saturated rings. The van der Waals surface area contributed by atoms with Crippen LogP contribution in [0.4, 0.5) is 0 Å². The Balaban J connectivity index is 2.44. The highest BCUT2D eigenvalue weighted by Crippen LogP contribution is 2.29. The standard InChI is InChI=1S/C17H15BrO2/c1-13(19)20-12-16(18)17(14-8-4-2-5-9-14)15-10-6-3-7-11-15/h2-11H,12H2,1H3. The van der Waals surface area contributed by atoms with Gasteiger partial charge in [-0.25, -0.2) is 0 Å². The van der Waals surface area contributed by atoms with Crippen molar-refractivity contribution in [2.75, 3.05) is 6.61 Å². The molecule has 0 N–H and O–H groups in total. The molecule has 0 heterocycles. The lowest BCUT2D eigenvalue weighted by atomic mass is 9.98. The lowest BCUT2D eigenvalue weighted by molar-refractivity contribution is -0.139. The van der Waals surface area contributed by atoms with Gasteiger partial charge in [0.25, 0.3) is 0 Å². The first kappa shape index (κ1) is 14.5. The SMILES string of the molecule is CC(=O)OCC(Br)=C(c1ccccc1)c1ccccc1. The molecule has 0 bridgehead atoms. The van der Waals surface area contributed by atoms with E-state index < -0.39 is 0 Å². The minimum atomic E-state index is -0.289. The first-order chi connectivity index (χ1) is 9.68. The first-order valence-corrected chi connectivity index (χ1v) is 7.10. The maximum Gasteiger partial charge on any atom is 0.302 e. The van der Waals surface area contributed by atoms with E-state index >= 15 is 0 Å². The van der Waals surface area contributed by atoms with Gasteiger partial charge < -0.3 is 4.74 Å². The normalized spacial score (nSPS) is 9.90. The summed E-state index contributed by atoms with van der Waals surface area (Å²) in [6.07, 6.45) is 0. The zero-order chi connectivity index (χ0) is 14.4. The maximum atomic E-state index is 11.0. The summed E-state index contributed by atoms with van der Waals surface area (Å²) < 4.78 is 5.94. The summed E-state index contributed by atoms with van der Waals surface area (Å²) in [4.78, 5) is 11.0. The molecule has 2 aromatic carbocycles. The molecule has 0 saturated heterocycles. The van der Waals surface area contributed by atoms with Gasteiger partial charge in [-0.2, -0.15) is 0 Å².